The molecule has 29 heavy (non-hydrogen) atoms. The number of benzene rings is 2. The number of hydrogen-bond donors (Lipinski definition) is 3. The molecule has 0 bridgehead atoms. The summed E-state index contributed by atoms with van der Waals surface area (Å²) in [5.41, 5.74) is 5.87. The SMILES string of the molecule is COC=O.Cc1csc(NC(=O)c2ccccc2NN(S)c2ccc(Cl)cc2)n1. The van der Waals surface area contributed by atoms with Crippen molar-refractivity contribution in [1.29, 1.82) is 0 Å². The van der Waals surface area contributed by atoms with E-state index in [1.165, 1.54) is 22.9 Å². The fourth-order valence-electron chi connectivity index (χ4n) is 2.12. The van der Waals surface area contributed by atoms with Gasteiger partial charge in [0.05, 0.1) is 29.7 Å². The van der Waals surface area contributed by atoms with Gasteiger partial charge in [-0.1, -0.05) is 23.7 Å². The number of carbonyl (C=O) groups excluding carboxylic acids is 2. The Kier molecular flexibility index (Phi) is 8.78. The van der Waals surface area contributed by atoms with Gasteiger partial charge in [-0.2, -0.15) is 0 Å². The molecule has 1 amide bonds. The number of thiol groups is 1. The van der Waals surface area contributed by atoms with Crippen molar-refractivity contribution in [3.05, 3.63) is 70.2 Å². The molecule has 7 nitrogen and oxygen atoms in total. The number of methoxy groups -OCH3 is 1. The first-order valence-corrected chi connectivity index (χ1v) is 9.90. The number of halogens is 1. The predicted octanol–water partition coefficient (Wildman–Crippen LogP) is 4.82. The second-order valence-corrected chi connectivity index (χ2v) is 7.22. The molecule has 0 atom stereocenters. The summed E-state index contributed by atoms with van der Waals surface area (Å²) in [4.78, 5) is 25.8. The average Bonchev–Trinajstić information content (AvgIpc) is 3.13. The van der Waals surface area contributed by atoms with E-state index in [1.54, 1.807) is 30.3 Å². The molecule has 0 fully saturated rings. The summed E-state index contributed by atoms with van der Waals surface area (Å²) in [7, 11) is 1.31. The molecule has 1 heterocycles. The lowest BCUT2D eigenvalue weighted by molar-refractivity contribution is -0.126. The number of para-hydroxylation sites is 1. The van der Waals surface area contributed by atoms with Gasteiger partial charge in [-0.25, -0.2) is 9.40 Å². The van der Waals surface area contributed by atoms with E-state index in [2.05, 4.69) is 33.3 Å². The largest absolute Gasteiger partial charge is 0.471 e. The number of aryl methyl sites for hydroxylation is 1. The second kappa shape index (κ2) is 11.3. The lowest BCUT2D eigenvalue weighted by atomic mass is 10.1. The van der Waals surface area contributed by atoms with Crippen molar-refractivity contribution < 1.29 is 14.3 Å². The molecule has 10 heteroatoms. The van der Waals surface area contributed by atoms with Crippen LogP contribution < -0.4 is 15.2 Å². The summed E-state index contributed by atoms with van der Waals surface area (Å²) < 4.78 is 5.38. The number of amides is 1. The monoisotopic (exact) mass is 450 g/mol. The zero-order valence-corrected chi connectivity index (χ0v) is 18.1. The van der Waals surface area contributed by atoms with Crippen molar-refractivity contribution in [3.63, 3.8) is 0 Å². The van der Waals surface area contributed by atoms with Crippen LogP contribution in [0.3, 0.4) is 0 Å². The molecule has 0 radical (unpaired) electrons. The van der Waals surface area contributed by atoms with Crippen LogP contribution in [0.5, 0.6) is 0 Å². The fourth-order valence-corrected chi connectivity index (χ4v) is 3.17. The molecule has 2 N–H and O–H groups in total. The molecule has 0 saturated heterocycles. The first kappa shape index (κ1) is 22.5. The molecular formula is C19H19ClN4O3S2. The van der Waals surface area contributed by atoms with E-state index in [4.69, 9.17) is 16.4 Å². The summed E-state index contributed by atoms with van der Waals surface area (Å²) in [5.74, 6) is -0.240. The van der Waals surface area contributed by atoms with Crippen LogP contribution in [0.4, 0.5) is 16.5 Å². The zero-order chi connectivity index (χ0) is 21.2. The van der Waals surface area contributed by atoms with Crippen molar-refractivity contribution >= 4 is 64.6 Å². The van der Waals surface area contributed by atoms with E-state index in [0.717, 1.165) is 11.4 Å². The number of hydrogen-bond acceptors (Lipinski definition) is 8. The molecule has 0 aliphatic rings. The minimum absolute atomic E-state index is 0.240. The van der Waals surface area contributed by atoms with Crippen molar-refractivity contribution in [1.82, 2.24) is 4.98 Å². The van der Waals surface area contributed by atoms with Gasteiger partial charge >= 0.3 is 0 Å². The van der Waals surface area contributed by atoms with E-state index < -0.39 is 0 Å². The van der Waals surface area contributed by atoms with Crippen LogP contribution in [0.2, 0.25) is 5.02 Å². The number of hydrazine groups is 1. The van der Waals surface area contributed by atoms with E-state index >= 15 is 0 Å². The third-order valence-corrected chi connectivity index (χ3v) is 4.86. The molecule has 1 aromatic heterocycles. The van der Waals surface area contributed by atoms with Crippen LogP contribution in [-0.2, 0) is 9.53 Å². The lowest BCUT2D eigenvalue weighted by Crippen LogP contribution is -2.22. The summed E-state index contributed by atoms with van der Waals surface area (Å²) in [6.07, 6.45) is 0. The molecule has 0 aliphatic heterocycles. The second-order valence-electron chi connectivity index (χ2n) is 5.53. The minimum Gasteiger partial charge on any atom is -0.471 e. The van der Waals surface area contributed by atoms with Gasteiger partial charge in [0.2, 0.25) is 0 Å². The Bertz CT molecular complexity index is 951. The molecule has 0 spiro atoms. The Hall–Kier alpha value is -2.75. The summed E-state index contributed by atoms with van der Waals surface area (Å²) in [6.45, 7) is 2.26. The maximum absolute atomic E-state index is 12.6. The number of anilines is 3. The molecule has 152 valence electrons. The molecule has 0 aliphatic carbocycles. The number of nitrogens with zero attached hydrogens (tertiary/aromatic N) is 2. The third kappa shape index (κ3) is 6.97. The Morgan fingerprint density at radius 2 is 1.90 bits per heavy atom. The van der Waals surface area contributed by atoms with Crippen LogP contribution in [0.25, 0.3) is 0 Å². The lowest BCUT2D eigenvalue weighted by Gasteiger charge is -2.21. The van der Waals surface area contributed by atoms with Crippen molar-refractivity contribution in [2.24, 2.45) is 0 Å². The number of rotatable bonds is 6. The summed E-state index contributed by atoms with van der Waals surface area (Å²) >= 11 is 11.7. The first-order chi connectivity index (χ1) is 13.9. The molecule has 2 aromatic carbocycles. The summed E-state index contributed by atoms with van der Waals surface area (Å²) in [5, 5.41) is 5.90. The number of aromatic nitrogens is 1. The number of nitrogens with one attached hydrogen (secondary N) is 2. The average molecular weight is 451 g/mol. The topological polar surface area (TPSA) is 83.6 Å². The quantitative estimate of drug-likeness (QED) is 0.283. The van der Waals surface area contributed by atoms with E-state index in [-0.39, 0.29) is 5.91 Å². The Morgan fingerprint density at radius 3 is 2.48 bits per heavy atom. The van der Waals surface area contributed by atoms with Gasteiger partial charge in [0.15, 0.2) is 5.13 Å². The van der Waals surface area contributed by atoms with Gasteiger partial charge in [-0.3, -0.25) is 20.3 Å². The maximum Gasteiger partial charge on any atom is 0.292 e. The van der Waals surface area contributed by atoms with Crippen LogP contribution in [-0.4, -0.2) is 24.5 Å². The Labute approximate surface area is 183 Å². The van der Waals surface area contributed by atoms with Crippen LogP contribution in [0.15, 0.2) is 53.9 Å². The van der Waals surface area contributed by atoms with Crippen LogP contribution in [0, 0.1) is 6.92 Å². The van der Waals surface area contributed by atoms with Gasteiger partial charge in [0, 0.05) is 10.4 Å². The number of carbonyl (C=O) groups is 2. The Morgan fingerprint density at radius 1 is 1.24 bits per heavy atom. The van der Waals surface area contributed by atoms with Gasteiger partial charge in [-0.15, -0.1) is 11.3 Å². The first-order valence-electron chi connectivity index (χ1n) is 8.24. The molecular weight excluding hydrogens is 432 g/mol. The van der Waals surface area contributed by atoms with Gasteiger partial charge in [0.1, 0.15) is 0 Å². The molecule has 3 aromatic rings. The van der Waals surface area contributed by atoms with Gasteiger partial charge in [-0.05, 0) is 56.1 Å². The molecule has 3 rings (SSSR count). The van der Waals surface area contributed by atoms with Crippen LogP contribution in [0.1, 0.15) is 16.1 Å². The summed E-state index contributed by atoms with van der Waals surface area (Å²) in [6, 6.07) is 14.4. The van der Waals surface area contributed by atoms with E-state index in [9.17, 15) is 4.79 Å². The van der Waals surface area contributed by atoms with E-state index in [1.807, 2.05) is 30.5 Å². The van der Waals surface area contributed by atoms with Gasteiger partial charge in [0.25, 0.3) is 12.4 Å². The highest BCUT2D eigenvalue weighted by atomic mass is 35.5. The predicted molar refractivity (Wildman–Crippen MR) is 121 cm³/mol. The van der Waals surface area contributed by atoms with Crippen molar-refractivity contribution in [2.75, 3.05) is 22.3 Å². The van der Waals surface area contributed by atoms with Crippen molar-refractivity contribution in [2.45, 2.75) is 6.92 Å². The number of ether oxygens (including phenoxy) is 1. The standard InChI is InChI=1S/C17H15ClN4OS2.C2H4O2/c1-11-10-25-17(19-11)20-16(23)14-4-2-3-5-15(14)21-22(24)13-8-6-12(18)7-9-13;1-4-2-3/h2-10,21,24H,1H3,(H,19,20,23);2H,1H3. The highest BCUT2D eigenvalue weighted by Crippen LogP contribution is 2.24. The highest BCUT2D eigenvalue weighted by molar-refractivity contribution is 7.81. The maximum atomic E-state index is 12.6. The van der Waals surface area contributed by atoms with Gasteiger partial charge < -0.3 is 4.74 Å². The highest BCUT2D eigenvalue weighted by Gasteiger charge is 2.14. The fraction of sp³-hybridized carbons (Fsp3) is 0.105. The molecule has 0 saturated carbocycles. The normalized spacial score (nSPS) is 9.66. The smallest absolute Gasteiger partial charge is 0.292 e. The number of thiazole rings is 1. The third-order valence-electron chi connectivity index (χ3n) is 3.40. The Balaban J connectivity index is 0.000000687. The van der Waals surface area contributed by atoms with Crippen LogP contribution >= 0.6 is 35.8 Å². The van der Waals surface area contributed by atoms with E-state index in [0.29, 0.717) is 27.9 Å². The zero-order valence-electron chi connectivity index (χ0n) is 15.6. The van der Waals surface area contributed by atoms with Crippen molar-refractivity contribution in [3.8, 4) is 0 Å². The minimum atomic E-state index is -0.240. The molecule has 0 unspecified atom stereocenters.